The van der Waals surface area contributed by atoms with E-state index >= 15 is 0 Å². The van der Waals surface area contributed by atoms with Crippen LogP contribution in [-0.2, 0) is 4.74 Å². The van der Waals surface area contributed by atoms with E-state index in [1.54, 1.807) is 20.8 Å². The first-order valence-electron chi connectivity index (χ1n) is 7.86. The first kappa shape index (κ1) is 19.1. The van der Waals surface area contributed by atoms with Crippen molar-refractivity contribution in [1.82, 2.24) is 0 Å². The summed E-state index contributed by atoms with van der Waals surface area (Å²) in [4.78, 5) is 11.9. The van der Waals surface area contributed by atoms with Crippen molar-refractivity contribution in [3.63, 3.8) is 0 Å². The molecule has 0 aliphatic rings. The summed E-state index contributed by atoms with van der Waals surface area (Å²) in [6.45, 7) is 9.90. The maximum atomic E-state index is 14.3. The van der Waals surface area contributed by atoms with E-state index in [-0.39, 0.29) is 11.5 Å². The Morgan fingerprint density at radius 1 is 1.09 bits per heavy atom. The molecule has 0 unspecified atom stereocenters. The van der Waals surface area contributed by atoms with E-state index in [9.17, 15) is 9.18 Å². The van der Waals surface area contributed by atoms with Crippen molar-refractivity contribution in [3.8, 4) is 11.5 Å². The van der Waals surface area contributed by atoms with Gasteiger partial charge in [0.1, 0.15) is 5.60 Å². The molecule has 0 bridgehead atoms. The molecule has 6 heteroatoms. The van der Waals surface area contributed by atoms with Gasteiger partial charge in [-0.3, -0.25) is 5.32 Å². The van der Waals surface area contributed by atoms with Crippen LogP contribution in [0.25, 0.3) is 0 Å². The number of ether oxygens (including phenoxy) is 3. The summed E-state index contributed by atoms with van der Waals surface area (Å²) in [5, 5.41) is 2.57. The standard InChI is InChI=1S/C17H26FNO4/c1-6-8-21-13-10-12(19-16(20)23-17(3,4)5)11-14(15(13)18)22-9-7-2/h10-11H,6-9H2,1-5H3,(H,19,20). The lowest BCUT2D eigenvalue weighted by atomic mass is 10.2. The van der Waals surface area contributed by atoms with Crippen LogP contribution in [0, 0.1) is 5.82 Å². The highest BCUT2D eigenvalue weighted by molar-refractivity contribution is 5.85. The Hall–Kier alpha value is -1.98. The summed E-state index contributed by atoms with van der Waals surface area (Å²) in [5.41, 5.74) is -0.259. The highest BCUT2D eigenvalue weighted by atomic mass is 19.1. The number of carbonyl (C=O) groups excluding carboxylic acids is 1. The van der Waals surface area contributed by atoms with E-state index in [1.807, 2.05) is 13.8 Å². The molecule has 0 aromatic heterocycles. The van der Waals surface area contributed by atoms with Crippen LogP contribution in [0.2, 0.25) is 0 Å². The van der Waals surface area contributed by atoms with E-state index in [0.717, 1.165) is 12.8 Å². The SMILES string of the molecule is CCCOc1cc(NC(=O)OC(C)(C)C)cc(OCCC)c1F. The van der Waals surface area contributed by atoms with Crippen LogP contribution in [0.15, 0.2) is 12.1 Å². The van der Waals surface area contributed by atoms with Crippen LogP contribution in [-0.4, -0.2) is 24.9 Å². The number of anilines is 1. The molecule has 1 aromatic rings. The lowest BCUT2D eigenvalue weighted by Gasteiger charge is -2.20. The second-order valence-electron chi connectivity index (χ2n) is 6.11. The molecule has 0 saturated heterocycles. The van der Waals surface area contributed by atoms with Gasteiger partial charge in [0.2, 0.25) is 5.82 Å². The van der Waals surface area contributed by atoms with Crippen molar-refractivity contribution >= 4 is 11.8 Å². The topological polar surface area (TPSA) is 56.8 Å². The molecule has 0 aliphatic heterocycles. The van der Waals surface area contributed by atoms with Crippen LogP contribution >= 0.6 is 0 Å². The van der Waals surface area contributed by atoms with Gasteiger partial charge >= 0.3 is 6.09 Å². The Labute approximate surface area is 137 Å². The fourth-order valence-electron chi connectivity index (χ4n) is 1.70. The number of hydrogen-bond acceptors (Lipinski definition) is 4. The average molecular weight is 327 g/mol. The van der Waals surface area contributed by atoms with Crippen LogP contribution in [0.1, 0.15) is 47.5 Å². The highest BCUT2D eigenvalue weighted by Crippen LogP contribution is 2.32. The molecule has 1 amide bonds. The summed E-state index contributed by atoms with van der Waals surface area (Å²) in [6, 6.07) is 2.85. The van der Waals surface area contributed by atoms with Gasteiger partial charge < -0.3 is 14.2 Å². The zero-order valence-electron chi connectivity index (χ0n) is 14.5. The Bertz CT molecular complexity index is 497. The van der Waals surface area contributed by atoms with Gasteiger partial charge in [0.25, 0.3) is 0 Å². The predicted octanol–water partition coefficient (Wildman–Crippen LogP) is 4.75. The van der Waals surface area contributed by atoms with Crippen LogP contribution in [0.5, 0.6) is 11.5 Å². The summed E-state index contributed by atoms with van der Waals surface area (Å²) >= 11 is 0. The van der Waals surface area contributed by atoms with Crippen molar-refractivity contribution in [2.75, 3.05) is 18.5 Å². The van der Waals surface area contributed by atoms with Gasteiger partial charge in [-0.05, 0) is 33.6 Å². The van der Waals surface area contributed by atoms with Crippen LogP contribution in [0.3, 0.4) is 0 Å². The predicted molar refractivity (Wildman–Crippen MR) is 87.8 cm³/mol. The third-order valence-corrected chi connectivity index (χ3v) is 2.57. The minimum Gasteiger partial charge on any atom is -0.490 e. The molecule has 5 nitrogen and oxygen atoms in total. The number of nitrogens with one attached hydrogen (secondary N) is 1. The Morgan fingerprint density at radius 2 is 1.57 bits per heavy atom. The zero-order valence-corrected chi connectivity index (χ0v) is 14.5. The summed E-state index contributed by atoms with van der Waals surface area (Å²) in [7, 11) is 0. The Balaban J connectivity index is 2.98. The van der Waals surface area contributed by atoms with E-state index in [0.29, 0.717) is 18.9 Å². The molecular formula is C17H26FNO4. The molecule has 0 spiro atoms. The number of rotatable bonds is 7. The van der Waals surface area contributed by atoms with Gasteiger partial charge in [-0.15, -0.1) is 0 Å². The van der Waals surface area contributed by atoms with Crippen molar-refractivity contribution in [2.45, 2.75) is 53.1 Å². The molecule has 130 valence electrons. The maximum Gasteiger partial charge on any atom is 0.412 e. The fraction of sp³-hybridized carbons (Fsp3) is 0.588. The molecular weight excluding hydrogens is 301 g/mol. The van der Waals surface area contributed by atoms with Gasteiger partial charge in [0.05, 0.1) is 18.9 Å². The summed E-state index contributed by atoms with van der Waals surface area (Å²) in [6.07, 6.45) is 0.870. The average Bonchev–Trinajstić information content (AvgIpc) is 2.43. The molecule has 0 atom stereocenters. The largest absolute Gasteiger partial charge is 0.490 e. The maximum absolute atomic E-state index is 14.3. The third-order valence-electron chi connectivity index (χ3n) is 2.57. The monoisotopic (exact) mass is 327 g/mol. The molecule has 1 aromatic carbocycles. The highest BCUT2D eigenvalue weighted by Gasteiger charge is 2.19. The van der Waals surface area contributed by atoms with E-state index in [4.69, 9.17) is 14.2 Å². The Morgan fingerprint density at radius 3 is 1.96 bits per heavy atom. The lowest BCUT2D eigenvalue weighted by Crippen LogP contribution is -2.27. The smallest absolute Gasteiger partial charge is 0.412 e. The number of halogens is 1. The lowest BCUT2D eigenvalue weighted by molar-refractivity contribution is 0.0636. The quantitative estimate of drug-likeness (QED) is 0.785. The van der Waals surface area contributed by atoms with Gasteiger partial charge in [-0.25, -0.2) is 4.79 Å². The molecule has 0 saturated carbocycles. The molecule has 1 N–H and O–H groups in total. The van der Waals surface area contributed by atoms with Crippen molar-refractivity contribution in [1.29, 1.82) is 0 Å². The van der Waals surface area contributed by atoms with Gasteiger partial charge in [-0.1, -0.05) is 13.8 Å². The van der Waals surface area contributed by atoms with Crippen LogP contribution < -0.4 is 14.8 Å². The number of amides is 1. The molecule has 0 aliphatic carbocycles. The van der Waals surface area contributed by atoms with E-state index in [2.05, 4.69) is 5.32 Å². The number of benzene rings is 1. The van der Waals surface area contributed by atoms with Gasteiger partial charge in [0, 0.05) is 12.1 Å². The molecule has 0 heterocycles. The minimum atomic E-state index is -0.619. The van der Waals surface area contributed by atoms with E-state index in [1.165, 1.54) is 12.1 Å². The van der Waals surface area contributed by atoms with E-state index < -0.39 is 17.5 Å². The summed E-state index contributed by atoms with van der Waals surface area (Å²) in [5.74, 6) is -0.473. The Kier molecular flexibility index (Phi) is 7.13. The fourth-order valence-corrected chi connectivity index (χ4v) is 1.70. The first-order chi connectivity index (χ1) is 10.8. The number of carbonyl (C=O) groups is 1. The molecule has 23 heavy (non-hydrogen) atoms. The first-order valence-corrected chi connectivity index (χ1v) is 7.86. The van der Waals surface area contributed by atoms with Crippen molar-refractivity contribution in [3.05, 3.63) is 17.9 Å². The number of hydrogen-bond donors (Lipinski definition) is 1. The zero-order chi connectivity index (χ0) is 17.5. The summed E-state index contributed by atoms with van der Waals surface area (Å²) < 4.78 is 30.3. The minimum absolute atomic E-state index is 0.0477. The molecule has 0 radical (unpaired) electrons. The molecule has 1 rings (SSSR count). The van der Waals surface area contributed by atoms with Crippen molar-refractivity contribution < 1.29 is 23.4 Å². The second-order valence-corrected chi connectivity index (χ2v) is 6.11. The normalized spacial score (nSPS) is 11.0. The second kappa shape index (κ2) is 8.60. The van der Waals surface area contributed by atoms with Gasteiger partial charge in [0.15, 0.2) is 11.5 Å². The molecule has 0 fully saturated rings. The van der Waals surface area contributed by atoms with Crippen molar-refractivity contribution in [2.24, 2.45) is 0 Å². The van der Waals surface area contributed by atoms with Gasteiger partial charge in [-0.2, -0.15) is 4.39 Å². The van der Waals surface area contributed by atoms with Crippen LogP contribution in [0.4, 0.5) is 14.9 Å². The third kappa shape index (κ3) is 6.76.